The van der Waals surface area contributed by atoms with E-state index in [9.17, 15) is 0 Å². The van der Waals surface area contributed by atoms with Crippen LogP contribution in [0.2, 0.25) is 5.02 Å². The normalized spacial score (nSPS) is 26.6. The lowest BCUT2D eigenvalue weighted by atomic mass is 9.78. The van der Waals surface area contributed by atoms with Crippen molar-refractivity contribution >= 4 is 17.4 Å². The molecule has 100 valence electrons. The van der Waals surface area contributed by atoms with Gasteiger partial charge in [0.25, 0.3) is 0 Å². The number of aromatic nitrogens is 1. The lowest BCUT2D eigenvalue weighted by Gasteiger charge is -2.45. The molecule has 2 fully saturated rings. The summed E-state index contributed by atoms with van der Waals surface area (Å²) in [6.07, 6.45) is 9.46. The first-order valence-electron chi connectivity index (χ1n) is 7.12. The molecule has 3 nitrogen and oxygen atoms in total. The van der Waals surface area contributed by atoms with Gasteiger partial charge >= 0.3 is 0 Å². The summed E-state index contributed by atoms with van der Waals surface area (Å²) >= 11 is 6.35. The molecule has 0 bridgehead atoms. The van der Waals surface area contributed by atoms with Gasteiger partial charge in [0.2, 0.25) is 0 Å². The largest absolute Gasteiger partial charge is 0.352 e. The minimum atomic E-state index is 0.524. The zero-order chi connectivity index (χ0) is 13.2. The van der Waals surface area contributed by atoms with Crippen LogP contribution in [0.25, 0.3) is 0 Å². The fourth-order valence-corrected chi connectivity index (χ4v) is 3.87. The highest BCUT2D eigenvalue weighted by atomic mass is 35.5. The second-order valence-electron chi connectivity index (χ2n) is 5.56. The average molecular weight is 276 g/mol. The van der Waals surface area contributed by atoms with Gasteiger partial charge in [0.15, 0.2) is 0 Å². The first-order valence-corrected chi connectivity index (χ1v) is 7.50. The summed E-state index contributed by atoms with van der Waals surface area (Å²) in [7, 11) is 0. The van der Waals surface area contributed by atoms with Gasteiger partial charge in [-0.05, 0) is 37.7 Å². The highest BCUT2D eigenvalue weighted by Gasteiger charge is 2.34. The number of piperidine rings is 1. The Morgan fingerprint density at radius 2 is 2.05 bits per heavy atom. The van der Waals surface area contributed by atoms with Gasteiger partial charge in [0, 0.05) is 18.8 Å². The molecule has 1 aromatic heterocycles. The van der Waals surface area contributed by atoms with Crippen molar-refractivity contribution in [1.82, 2.24) is 4.98 Å². The molecule has 2 heterocycles. The Labute approximate surface area is 119 Å². The number of nitriles is 1. The van der Waals surface area contributed by atoms with Gasteiger partial charge in [-0.1, -0.05) is 24.4 Å². The van der Waals surface area contributed by atoms with Crippen molar-refractivity contribution in [2.24, 2.45) is 5.92 Å². The van der Waals surface area contributed by atoms with Gasteiger partial charge in [-0.15, -0.1) is 0 Å². The molecule has 4 heteroatoms. The lowest BCUT2D eigenvalue weighted by Crippen LogP contribution is -2.47. The molecule has 1 saturated heterocycles. The number of rotatable bonds is 1. The molecular formula is C15H18ClN3. The maximum Gasteiger partial charge on any atom is 0.148 e. The second-order valence-corrected chi connectivity index (χ2v) is 5.93. The van der Waals surface area contributed by atoms with Gasteiger partial charge in [-0.2, -0.15) is 5.26 Å². The zero-order valence-electron chi connectivity index (χ0n) is 11.0. The zero-order valence-corrected chi connectivity index (χ0v) is 11.7. The van der Waals surface area contributed by atoms with Crippen LogP contribution in [-0.4, -0.2) is 17.6 Å². The van der Waals surface area contributed by atoms with E-state index in [-0.39, 0.29) is 0 Å². The molecular weight excluding hydrogens is 258 g/mol. The van der Waals surface area contributed by atoms with Crippen LogP contribution in [0, 0.1) is 17.2 Å². The number of nitrogens with zero attached hydrogens (tertiary/aromatic N) is 3. The van der Waals surface area contributed by atoms with E-state index in [1.54, 1.807) is 12.3 Å². The van der Waals surface area contributed by atoms with E-state index in [0.29, 0.717) is 16.6 Å². The number of fused-ring (bicyclic) bond motifs is 1. The average Bonchev–Trinajstić information content (AvgIpc) is 2.47. The fourth-order valence-electron chi connectivity index (χ4n) is 3.61. The maximum absolute atomic E-state index is 9.09. The van der Waals surface area contributed by atoms with E-state index >= 15 is 0 Å². The molecule has 1 aliphatic carbocycles. The molecule has 2 unspecified atom stereocenters. The maximum atomic E-state index is 9.09. The smallest absolute Gasteiger partial charge is 0.148 e. The predicted octanol–water partition coefficient (Wildman–Crippen LogP) is 3.77. The first kappa shape index (κ1) is 12.7. The molecule has 0 N–H and O–H groups in total. The molecule has 19 heavy (non-hydrogen) atoms. The Balaban J connectivity index is 1.94. The van der Waals surface area contributed by atoms with E-state index in [4.69, 9.17) is 16.9 Å². The molecule has 1 aliphatic heterocycles. The van der Waals surface area contributed by atoms with Crippen LogP contribution in [0.4, 0.5) is 5.82 Å². The number of anilines is 1. The lowest BCUT2D eigenvalue weighted by molar-refractivity contribution is 0.243. The molecule has 0 aromatic carbocycles. The topological polar surface area (TPSA) is 39.9 Å². The van der Waals surface area contributed by atoms with Gasteiger partial charge in [-0.3, -0.25) is 0 Å². The van der Waals surface area contributed by atoms with Gasteiger partial charge in [0.05, 0.1) is 5.56 Å². The summed E-state index contributed by atoms with van der Waals surface area (Å²) < 4.78 is 0. The molecule has 0 amide bonds. The minimum Gasteiger partial charge on any atom is -0.352 e. The van der Waals surface area contributed by atoms with Crippen molar-refractivity contribution in [3.05, 3.63) is 22.8 Å². The Hall–Kier alpha value is -1.27. The van der Waals surface area contributed by atoms with Crippen LogP contribution < -0.4 is 4.90 Å². The third-order valence-electron chi connectivity index (χ3n) is 4.51. The van der Waals surface area contributed by atoms with Crippen molar-refractivity contribution in [1.29, 1.82) is 5.26 Å². The first-order chi connectivity index (χ1) is 9.31. The molecule has 1 saturated carbocycles. The summed E-state index contributed by atoms with van der Waals surface area (Å²) in [4.78, 5) is 6.80. The summed E-state index contributed by atoms with van der Waals surface area (Å²) in [6.45, 7) is 1.02. The molecule has 0 radical (unpaired) electrons. The van der Waals surface area contributed by atoms with Gasteiger partial charge < -0.3 is 4.90 Å². The predicted molar refractivity (Wildman–Crippen MR) is 76.3 cm³/mol. The van der Waals surface area contributed by atoms with Crippen molar-refractivity contribution in [3.8, 4) is 6.07 Å². The van der Waals surface area contributed by atoms with Crippen LogP contribution in [0.5, 0.6) is 0 Å². The molecule has 3 rings (SSSR count). The number of hydrogen-bond acceptors (Lipinski definition) is 3. The third-order valence-corrected chi connectivity index (χ3v) is 4.88. The van der Waals surface area contributed by atoms with Crippen molar-refractivity contribution in [3.63, 3.8) is 0 Å². The van der Waals surface area contributed by atoms with E-state index in [1.165, 1.54) is 38.5 Å². The van der Waals surface area contributed by atoms with Crippen LogP contribution in [0.3, 0.4) is 0 Å². The van der Waals surface area contributed by atoms with E-state index in [0.717, 1.165) is 18.3 Å². The molecule has 2 atom stereocenters. The summed E-state index contributed by atoms with van der Waals surface area (Å²) in [6, 6.07) is 4.41. The Morgan fingerprint density at radius 3 is 2.89 bits per heavy atom. The van der Waals surface area contributed by atoms with Crippen LogP contribution in [0.15, 0.2) is 12.3 Å². The van der Waals surface area contributed by atoms with Gasteiger partial charge in [-0.25, -0.2) is 4.98 Å². The van der Waals surface area contributed by atoms with Gasteiger partial charge in [0.1, 0.15) is 16.9 Å². The van der Waals surface area contributed by atoms with Crippen molar-refractivity contribution < 1.29 is 0 Å². The van der Waals surface area contributed by atoms with Crippen LogP contribution >= 0.6 is 11.6 Å². The molecule has 2 aliphatic rings. The Bertz CT molecular complexity index is 507. The monoisotopic (exact) mass is 275 g/mol. The Kier molecular flexibility index (Phi) is 3.61. The van der Waals surface area contributed by atoms with Crippen LogP contribution in [-0.2, 0) is 0 Å². The van der Waals surface area contributed by atoms with E-state index < -0.39 is 0 Å². The highest BCUT2D eigenvalue weighted by Crippen LogP contribution is 2.39. The molecule has 1 aromatic rings. The van der Waals surface area contributed by atoms with E-state index in [2.05, 4.69) is 16.0 Å². The quantitative estimate of drug-likeness (QED) is 0.783. The minimum absolute atomic E-state index is 0.524. The number of halogens is 1. The van der Waals surface area contributed by atoms with E-state index in [1.807, 2.05) is 0 Å². The van der Waals surface area contributed by atoms with Crippen molar-refractivity contribution in [2.75, 3.05) is 11.4 Å². The number of pyridine rings is 1. The Morgan fingerprint density at radius 1 is 1.26 bits per heavy atom. The fraction of sp³-hybridized carbons (Fsp3) is 0.600. The number of hydrogen-bond donors (Lipinski definition) is 0. The summed E-state index contributed by atoms with van der Waals surface area (Å²) in [5.41, 5.74) is 0.532. The summed E-state index contributed by atoms with van der Waals surface area (Å²) in [5, 5.41) is 9.62. The molecule has 0 spiro atoms. The highest BCUT2D eigenvalue weighted by molar-refractivity contribution is 6.34. The third kappa shape index (κ3) is 2.30. The summed E-state index contributed by atoms with van der Waals surface area (Å²) in [5.74, 6) is 1.60. The standard InChI is InChI=1S/C15H18ClN3/c16-14-12(10-17)7-8-18-15(14)19-9-3-5-11-4-1-2-6-13(11)19/h7-8,11,13H,1-6,9H2. The second kappa shape index (κ2) is 5.38. The van der Waals surface area contributed by atoms with Crippen LogP contribution in [0.1, 0.15) is 44.1 Å². The SMILES string of the molecule is N#Cc1ccnc(N2CCCC3CCCCC32)c1Cl. The van der Waals surface area contributed by atoms with Crippen molar-refractivity contribution in [2.45, 2.75) is 44.6 Å².